The molecular weight excluding hydrogens is 285 g/mol. The van der Waals surface area contributed by atoms with Crippen molar-refractivity contribution in [3.05, 3.63) is 47.4 Å². The molecule has 2 rings (SSSR count). The SMILES string of the molecule is CC(C=O)Oc1ccc(Oc2ncc(Cl)cc2F)cc1. The summed E-state index contributed by atoms with van der Waals surface area (Å²) in [4.78, 5) is 14.2. The van der Waals surface area contributed by atoms with E-state index in [0.29, 0.717) is 17.8 Å². The molecule has 0 amide bonds. The van der Waals surface area contributed by atoms with Crippen molar-refractivity contribution in [2.24, 2.45) is 0 Å². The maximum absolute atomic E-state index is 13.5. The molecule has 4 nitrogen and oxygen atoms in total. The molecule has 0 radical (unpaired) electrons. The fourth-order valence-electron chi connectivity index (χ4n) is 1.42. The highest BCUT2D eigenvalue weighted by atomic mass is 35.5. The first kappa shape index (κ1) is 14.3. The van der Waals surface area contributed by atoms with E-state index in [2.05, 4.69) is 4.98 Å². The van der Waals surface area contributed by atoms with Crippen LogP contribution in [0.5, 0.6) is 17.4 Å². The monoisotopic (exact) mass is 295 g/mol. The zero-order valence-electron chi connectivity index (χ0n) is 10.5. The molecule has 0 bridgehead atoms. The van der Waals surface area contributed by atoms with E-state index in [1.54, 1.807) is 31.2 Å². The third-order valence-corrected chi connectivity index (χ3v) is 2.53. The lowest BCUT2D eigenvalue weighted by molar-refractivity contribution is -0.113. The summed E-state index contributed by atoms with van der Waals surface area (Å²) in [5, 5.41) is 0.196. The van der Waals surface area contributed by atoms with Crippen molar-refractivity contribution in [1.29, 1.82) is 0 Å². The maximum Gasteiger partial charge on any atom is 0.255 e. The van der Waals surface area contributed by atoms with Gasteiger partial charge in [0.1, 0.15) is 11.5 Å². The molecule has 0 fully saturated rings. The Morgan fingerprint density at radius 1 is 1.30 bits per heavy atom. The molecular formula is C14H11ClFNO3. The van der Waals surface area contributed by atoms with Crippen molar-refractivity contribution in [2.75, 3.05) is 0 Å². The van der Waals surface area contributed by atoms with E-state index in [0.717, 1.165) is 6.07 Å². The minimum atomic E-state index is -0.646. The van der Waals surface area contributed by atoms with Crippen LogP contribution in [0.2, 0.25) is 5.02 Å². The van der Waals surface area contributed by atoms with Gasteiger partial charge in [0.2, 0.25) is 0 Å². The molecule has 0 aliphatic carbocycles. The number of ether oxygens (including phenoxy) is 2. The van der Waals surface area contributed by atoms with Crippen LogP contribution in [0.25, 0.3) is 0 Å². The van der Waals surface area contributed by atoms with Crippen LogP contribution in [0, 0.1) is 5.82 Å². The molecule has 0 aliphatic heterocycles. The number of benzene rings is 1. The second kappa shape index (κ2) is 6.34. The lowest BCUT2D eigenvalue weighted by Crippen LogP contribution is -2.12. The first-order valence-corrected chi connectivity index (χ1v) is 6.17. The van der Waals surface area contributed by atoms with Crippen LogP contribution in [0.15, 0.2) is 36.5 Å². The molecule has 0 N–H and O–H groups in total. The molecule has 1 unspecified atom stereocenters. The van der Waals surface area contributed by atoms with Gasteiger partial charge in [0.25, 0.3) is 5.88 Å². The number of rotatable bonds is 5. The topological polar surface area (TPSA) is 48.4 Å². The summed E-state index contributed by atoms with van der Waals surface area (Å²) in [6.07, 6.45) is 1.46. The molecule has 1 aromatic carbocycles. The van der Waals surface area contributed by atoms with Crippen LogP contribution in [0.4, 0.5) is 4.39 Å². The van der Waals surface area contributed by atoms with Crippen LogP contribution in [-0.4, -0.2) is 17.4 Å². The minimum Gasteiger partial charge on any atom is -0.483 e. The van der Waals surface area contributed by atoms with Crippen molar-refractivity contribution in [1.82, 2.24) is 4.98 Å². The van der Waals surface area contributed by atoms with Gasteiger partial charge in [-0.05, 0) is 37.3 Å². The van der Waals surface area contributed by atoms with Gasteiger partial charge < -0.3 is 9.47 Å². The molecule has 1 heterocycles. The number of pyridine rings is 1. The van der Waals surface area contributed by atoms with E-state index < -0.39 is 11.9 Å². The van der Waals surface area contributed by atoms with Gasteiger partial charge in [0, 0.05) is 6.20 Å². The molecule has 1 atom stereocenters. The largest absolute Gasteiger partial charge is 0.483 e. The van der Waals surface area contributed by atoms with Gasteiger partial charge in [-0.3, -0.25) is 4.79 Å². The van der Waals surface area contributed by atoms with Gasteiger partial charge in [0.15, 0.2) is 18.2 Å². The molecule has 6 heteroatoms. The predicted octanol–water partition coefficient (Wildman–Crippen LogP) is 3.63. The fraction of sp³-hybridized carbons (Fsp3) is 0.143. The van der Waals surface area contributed by atoms with E-state index in [1.165, 1.54) is 6.20 Å². The molecule has 104 valence electrons. The molecule has 0 saturated carbocycles. The second-order valence-corrected chi connectivity index (χ2v) is 4.41. The predicted molar refractivity (Wildman–Crippen MR) is 71.9 cm³/mol. The number of hydrogen-bond donors (Lipinski definition) is 0. The Bertz CT molecular complexity index is 604. The number of aromatic nitrogens is 1. The highest BCUT2D eigenvalue weighted by molar-refractivity contribution is 6.30. The average molecular weight is 296 g/mol. The van der Waals surface area contributed by atoms with Crippen LogP contribution in [-0.2, 0) is 4.79 Å². The van der Waals surface area contributed by atoms with Crippen LogP contribution in [0.3, 0.4) is 0 Å². The van der Waals surface area contributed by atoms with Crippen molar-refractivity contribution in [3.63, 3.8) is 0 Å². The normalized spacial score (nSPS) is 11.8. The van der Waals surface area contributed by atoms with E-state index >= 15 is 0 Å². The third-order valence-electron chi connectivity index (χ3n) is 2.33. The van der Waals surface area contributed by atoms with Crippen molar-refractivity contribution < 1.29 is 18.7 Å². The standard InChI is InChI=1S/C14H11ClFNO3/c1-9(8-18)19-11-2-4-12(5-3-11)20-14-13(16)6-10(15)7-17-14/h2-9H,1H3. The van der Waals surface area contributed by atoms with Gasteiger partial charge in [-0.2, -0.15) is 0 Å². The van der Waals surface area contributed by atoms with Crippen LogP contribution in [0.1, 0.15) is 6.92 Å². The third kappa shape index (κ3) is 3.68. The summed E-state index contributed by atoms with van der Waals surface area (Å²) in [6.45, 7) is 1.63. The zero-order valence-corrected chi connectivity index (χ0v) is 11.3. The lowest BCUT2D eigenvalue weighted by atomic mass is 10.3. The van der Waals surface area contributed by atoms with E-state index in [4.69, 9.17) is 21.1 Å². The maximum atomic E-state index is 13.5. The summed E-state index contributed by atoms with van der Waals surface area (Å²) >= 11 is 5.60. The Labute approximate surface area is 120 Å². The summed E-state index contributed by atoms with van der Waals surface area (Å²) in [7, 11) is 0. The smallest absolute Gasteiger partial charge is 0.255 e. The number of carbonyl (C=O) groups excluding carboxylic acids is 1. The fourth-order valence-corrected chi connectivity index (χ4v) is 1.56. The molecule has 0 spiro atoms. The van der Waals surface area contributed by atoms with E-state index in [9.17, 15) is 9.18 Å². The quantitative estimate of drug-likeness (QED) is 0.790. The van der Waals surface area contributed by atoms with Gasteiger partial charge >= 0.3 is 0 Å². The Morgan fingerprint density at radius 2 is 1.95 bits per heavy atom. The lowest BCUT2D eigenvalue weighted by Gasteiger charge is -2.10. The first-order chi connectivity index (χ1) is 9.58. The molecule has 0 saturated heterocycles. The molecule has 0 aliphatic rings. The number of nitrogens with zero attached hydrogens (tertiary/aromatic N) is 1. The van der Waals surface area contributed by atoms with Crippen molar-refractivity contribution >= 4 is 17.9 Å². The van der Waals surface area contributed by atoms with Gasteiger partial charge in [-0.15, -0.1) is 0 Å². The Balaban J connectivity index is 2.08. The zero-order chi connectivity index (χ0) is 14.5. The second-order valence-electron chi connectivity index (χ2n) is 3.97. The first-order valence-electron chi connectivity index (χ1n) is 5.79. The molecule has 1 aromatic heterocycles. The van der Waals surface area contributed by atoms with E-state index in [-0.39, 0.29) is 10.9 Å². The van der Waals surface area contributed by atoms with Crippen LogP contribution < -0.4 is 9.47 Å². The number of aldehydes is 1. The number of carbonyl (C=O) groups is 1. The summed E-state index contributed by atoms with van der Waals surface area (Å²) in [6, 6.07) is 7.52. The van der Waals surface area contributed by atoms with E-state index in [1.807, 2.05) is 0 Å². The Kier molecular flexibility index (Phi) is 4.53. The molecule has 20 heavy (non-hydrogen) atoms. The summed E-state index contributed by atoms with van der Waals surface area (Å²) in [5.74, 6) is 0.100. The van der Waals surface area contributed by atoms with Gasteiger partial charge in [-0.25, -0.2) is 9.37 Å². The highest BCUT2D eigenvalue weighted by Crippen LogP contribution is 2.25. The minimum absolute atomic E-state index is 0.163. The van der Waals surface area contributed by atoms with Crippen LogP contribution >= 0.6 is 11.6 Å². The molecule has 2 aromatic rings. The van der Waals surface area contributed by atoms with Crippen molar-refractivity contribution in [3.8, 4) is 17.4 Å². The Morgan fingerprint density at radius 3 is 2.55 bits per heavy atom. The average Bonchev–Trinajstić information content (AvgIpc) is 2.44. The van der Waals surface area contributed by atoms with Gasteiger partial charge in [0.05, 0.1) is 5.02 Å². The summed E-state index contributed by atoms with van der Waals surface area (Å²) in [5.41, 5.74) is 0. The van der Waals surface area contributed by atoms with Gasteiger partial charge in [-0.1, -0.05) is 11.6 Å². The summed E-state index contributed by atoms with van der Waals surface area (Å²) < 4.78 is 24.1. The number of halogens is 2. The number of hydrogen-bond acceptors (Lipinski definition) is 4. The Hall–Kier alpha value is -2.14. The van der Waals surface area contributed by atoms with Crippen molar-refractivity contribution in [2.45, 2.75) is 13.0 Å². The highest BCUT2D eigenvalue weighted by Gasteiger charge is 2.08.